The topological polar surface area (TPSA) is 169 Å². The van der Waals surface area contributed by atoms with Crippen LogP contribution in [0.2, 0.25) is 0 Å². The maximum atomic E-state index is 13.7. The lowest BCUT2D eigenvalue weighted by molar-refractivity contribution is -0.140. The number of alkyl halides is 3. The molecule has 4 amide bonds. The molecule has 5 rings (SSSR count). The Bertz CT molecular complexity index is 1700. The van der Waals surface area contributed by atoms with Gasteiger partial charge in [-0.2, -0.15) is 23.5 Å². The van der Waals surface area contributed by atoms with Gasteiger partial charge in [0.05, 0.1) is 35.6 Å². The van der Waals surface area contributed by atoms with Crippen LogP contribution in [0.25, 0.3) is 11.3 Å². The van der Waals surface area contributed by atoms with Crippen LogP contribution >= 0.6 is 0 Å². The number of aryl methyl sites for hydroxylation is 1. The summed E-state index contributed by atoms with van der Waals surface area (Å²) < 4.78 is 42.2. The summed E-state index contributed by atoms with van der Waals surface area (Å²) in [5, 5.41) is 17.4. The van der Waals surface area contributed by atoms with E-state index in [9.17, 15) is 27.6 Å². The molecule has 2 aliphatic rings. The number of piperazine rings is 1. The molecule has 3 aromatic rings. The Labute approximate surface area is 269 Å². The van der Waals surface area contributed by atoms with Crippen molar-refractivity contribution in [3.05, 3.63) is 52.7 Å². The first-order valence-corrected chi connectivity index (χ1v) is 15.4. The number of nitrogens with zero attached hydrogens (tertiary/aromatic N) is 7. The highest BCUT2D eigenvalue weighted by molar-refractivity contribution is 6.03. The second-order valence-electron chi connectivity index (χ2n) is 11.9. The molecule has 250 valence electrons. The number of nitrogens with one attached hydrogen (secondary N) is 2. The number of amides is 4. The first-order valence-electron chi connectivity index (χ1n) is 15.4. The molecule has 1 aromatic carbocycles. The fourth-order valence-electron chi connectivity index (χ4n) is 6.02. The molecule has 0 aliphatic carbocycles. The van der Waals surface area contributed by atoms with Gasteiger partial charge in [-0.05, 0) is 42.5 Å². The number of carbonyl (C=O) groups is 3. The molecule has 2 fully saturated rings. The number of carbonyl (C=O) groups excluding carboxylic acids is 3. The SMILES string of the molecule is CCc1cc(NC(=O)c2ncc(-c3c(C(F)(F)F)n[nH]c3CC#N)n2C)ccc1C(=O)N1CCN(C(=O)N2CC[C@H](C)[C@H](N)C2)CC1. The molecule has 0 spiro atoms. The zero-order valence-corrected chi connectivity index (χ0v) is 26.4. The van der Waals surface area contributed by atoms with E-state index in [0.717, 1.165) is 12.6 Å². The van der Waals surface area contributed by atoms with Crippen LogP contribution in [-0.2, 0) is 26.1 Å². The molecule has 0 unspecified atom stereocenters. The minimum absolute atomic E-state index is 0.0347. The van der Waals surface area contributed by atoms with Crippen molar-refractivity contribution in [2.24, 2.45) is 18.7 Å². The van der Waals surface area contributed by atoms with Gasteiger partial charge in [0.2, 0.25) is 0 Å². The van der Waals surface area contributed by atoms with Gasteiger partial charge in [0.1, 0.15) is 0 Å². The standard InChI is InChI=1S/C31H37F3N10O3/c1-4-19-15-20(38-28(45)27-37-16-24(41(27)3)25-23(7-9-35)39-40-26(25)31(32,33)34)5-6-21(19)29(46)42-11-13-43(14-12-42)30(47)44-10-8-18(2)22(36)17-44/h5-6,15-16,18,22H,4,7-8,10-14,17,36H2,1-3H3,(H,38,45)(H,39,40)/t18-,22+/m0/s1. The molecule has 0 radical (unpaired) electrons. The van der Waals surface area contributed by atoms with Crippen molar-refractivity contribution in [3.8, 4) is 17.3 Å². The van der Waals surface area contributed by atoms with E-state index in [-0.39, 0.29) is 47.2 Å². The third-order valence-corrected chi connectivity index (χ3v) is 8.91. The number of nitriles is 1. The maximum absolute atomic E-state index is 13.7. The molecule has 2 aliphatic heterocycles. The molecule has 2 aromatic heterocycles. The van der Waals surface area contributed by atoms with Crippen LogP contribution in [0.15, 0.2) is 24.4 Å². The number of aromatic amines is 1. The van der Waals surface area contributed by atoms with Gasteiger partial charge in [0.15, 0.2) is 11.5 Å². The highest BCUT2D eigenvalue weighted by Crippen LogP contribution is 2.38. The van der Waals surface area contributed by atoms with E-state index in [1.54, 1.807) is 32.9 Å². The van der Waals surface area contributed by atoms with Crippen molar-refractivity contribution in [2.45, 2.75) is 45.3 Å². The Balaban J connectivity index is 1.26. The monoisotopic (exact) mass is 654 g/mol. The summed E-state index contributed by atoms with van der Waals surface area (Å²) in [4.78, 5) is 49.1. The first-order chi connectivity index (χ1) is 22.3. The summed E-state index contributed by atoms with van der Waals surface area (Å²) in [7, 11) is 1.40. The average Bonchev–Trinajstić information content (AvgIpc) is 3.64. The quantitative estimate of drug-likeness (QED) is 0.367. The molecule has 16 heteroatoms. The number of rotatable bonds is 6. The molecule has 2 atom stereocenters. The number of hydrogen-bond donors (Lipinski definition) is 3. The lowest BCUT2D eigenvalue weighted by atomic mass is 9.94. The number of anilines is 1. The van der Waals surface area contributed by atoms with Gasteiger partial charge in [-0.15, -0.1) is 0 Å². The predicted molar refractivity (Wildman–Crippen MR) is 165 cm³/mol. The second-order valence-corrected chi connectivity index (χ2v) is 11.9. The molecule has 13 nitrogen and oxygen atoms in total. The number of halogens is 3. The number of hydrogen-bond acceptors (Lipinski definition) is 7. The minimum atomic E-state index is -4.80. The zero-order chi connectivity index (χ0) is 34.0. The van der Waals surface area contributed by atoms with Gasteiger partial charge in [-0.1, -0.05) is 13.8 Å². The molecule has 47 heavy (non-hydrogen) atoms. The Morgan fingerprint density at radius 3 is 2.47 bits per heavy atom. The maximum Gasteiger partial charge on any atom is 0.435 e. The van der Waals surface area contributed by atoms with E-state index in [1.807, 2.05) is 13.0 Å². The molecular weight excluding hydrogens is 617 g/mol. The van der Waals surface area contributed by atoms with E-state index < -0.39 is 17.8 Å². The zero-order valence-electron chi connectivity index (χ0n) is 26.4. The van der Waals surface area contributed by atoms with Gasteiger partial charge in [0.25, 0.3) is 11.8 Å². The van der Waals surface area contributed by atoms with E-state index in [4.69, 9.17) is 11.0 Å². The third kappa shape index (κ3) is 6.80. The third-order valence-electron chi connectivity index (χ3n) is 8.91. The summed E-state index contributed by atoms with van der Waals surface area (Å²) in [6.07, 6.45) is -2.66. The molecule has 0 saturated carbocycles. The van der Waals surface area contributed by atoms with Gasteiger partial charge < -0.3 is 30.3 Å². The van der Waals surface area contributed by atoms with Gasteiger partial charge in [-0.3, -0.25) is 14.7 Å². The van der Waals surface area contributed by atoms with Crippen LogP contribution < -0.4 is 11.1 Å². The van der Waals surface area contributed by atoms with Crippen LogP contribution in [0, 0.1) is 17.2 Å². The molecule has 4 N–H and O–H groups in total. The highest BCUT2D eigenvalue weighted by Gasteiger charge is 2.39. The second kappa shape index (κ2) is 13.4. The van der Waals surface area contributed by atoms with Crippen LogP contribution in [0.3, 0.4) is 0 Å². The molecular formula is C31H37F3N10O3. The summed E-state index contributed by atoms with van der Waals surface area (Å²) in [5.41, 5.74) is 6.09. The van der Waals surface area contributed by atoms with E-state index >= 15 is 0 Å². The number of urea groups is 1. The number of H-pyrrole nitrogens is 1. The summed E-state index contributed by atoms with van der Waals surface area (Å²) in [6.45, 7) is 6.75. The number of imidazole rings is 1. The average molecular weight is 655 g/mol. The Kier molecular flexibility index (Phi) is 9.57. The lowest BCUT2D eigenvalue weighted by Crippen LogP contribution is -2.57. The van der Waals surface area contributed by atoms with Crippen molar-refractivity contribution in [1.29, 1.82) is 5.26 Å². The fourth-order valence-corrected chi connectivity index (χ4v) is 6.02. The smallest absolute Gasteiger partial charge is 0.335 e. The van der Waals surface area contributed by atoms with Gasteiger partial charge in [-0.25, -0.2) is 9.78 Å². The van der Waals surface area contributed by atoms with Crippen LogP contribution in [0.4, 0.5) is 23.7 Å². The van der Waals surface area contributed by atoms with Gasteiger partial charge in [0, 0.05) is 63.6 Å². The number of likely N-dealkylation sites (tertiary alicyclic amines) is 1. The van der Waals surface area contributed by atoms with E-state index in [2.05, 4.69) is 27.4 Å². The fraction of sp³-hybridized carbons (Fsp3) is 0.484. The van der Waals surface area contributed by atoms with E-state index in [0.29, 0.717) is 68.4 Å². The largest absolute Gasteiger partial charge is 0.435 e. The highest BCUT2D eigenvalue weighted by atomic mass is 19.4. The number of benzene rings is 1. The number of aromatic nitrogens is 4. The van der Waals surface area contributed by atoms with E-state index in [1.165, 1.54) is 11.6 Å². The molecule has 2 saturated heterocycles. The van der Waals surface area contributed by atoms with Crippen molar-refractivity contribution < 1.29 is 27.6 Å². The van der Waals surface area contributed by atoms with Crippen molar-refractivity contribution >= 4 is 23.5 Å². The molecule has 4 heterocycles. The first kappa shape index (κ1) is 33.5. The number of nitrogens with two attached hydrogens (primary N) is 1. The Hall–Kier alpha value is -4.91. The normalized spacial score (nSPS) is 18.6. The minimum Gasteiger partial charge on any atom is -0.335 e. The van der Waals surface area contributed by atoms with Crippen molar-refractivity contribution in [2.75, 3.05) is 44.6 Å². The Morgan fingerprint density at radius 2 is 1.83 bits per heavy atom. The lowest BCUT2D eigenvalue weighted by Gasteiger charge is -2.41. The van der Waals surface area contributed by atoms with Crippen LogP contribution in [0.1, 0.15) is 58.2 Å². The predicted octanol–water partition coefficient (Wildman–Crippen LogP) is 3.26. The summed E-state index contributed by atoms with van der Waals surface area (Å²) in [5.74, 6) is -0.647. The Morgan fingerprint density at radius 1 is 1.13 bits per heavy atom. The van der Waals surface area contributed by atoms with Crippen LogP contribution in [-0.4, -0.2) is 97.6 Å². The summed E-state index contributed by atoms with van der Waals surface area (Å²) in [6, 6.07) is 6.60. The van der Waals surface area contributed by atoms with Gasteiger partial charge >= 0.3 is 12.2 Å². The number of piperidine rings is 1. The van der Waals surface area contributed by atoms with Crippen LogP contribution in [0.5, 0.6) is 0 Å². The van der Waals surface area contributed by atoms with Crippen molar-refractivity contribution in [3.63, 3.8) is 0 Å². The molecule has 0 bridgehead atoms. The van der Waals surface area contributed by atoms with Crippen molar-refractivity contribution in [1.82, 2.24) is 34.4 Å². The summed E-state index contributed by atoms with van der Waals surface area (Å²) >= 11 is 0.